The Bertz CT molecular complexity index is 313. The van der Waals surface area contributed by atoms with Gasteiger partial charge in [-0.2, -0.15) is 0 Å². The Kier molecular flexibility index (Phi) is 4.00. The van der Waals surface area contributed by atoms with E-state index in [2.05, 4.69) is 22.2 Å². The highest BCUT2D eigenvalue weighted by Gasteiger charge is 2.19. The van der Waals surface area contributed by atoms with Crippen molar-refractivity contribution in [3.8, 4) is 0 Å². The Morgan fingerprint density at radius 2 is 2.47 bits per heavy atom. The van der Waals surface area contributed by atoms with Crippen molar-refractivity contribution in [3.63, 3.8) is 0 Å². The highest BCUT2D eigenvalue weighted by molar-refractivity contribution is 7.09. The standard InChI is InChI=1S/C11H17ClN2S/c1-9-4-2-3-5-14(9)7-11-13-10(6-12)8-15-11/h8-9H,2-7H2,1H3. The van der Waals surface area contributed by atoms with Crippen LogP contribution in [-0.4, -0.2) is 22.5 Å². The van der Waals surface area contributed by atoms with Gasteiger partial charge in [-0.1, -0.05) is 6.42 Å². The molecular weight excluding hydrogens is 228 g/mol. The summed E-state index contributed by atoms with van der Waals surface area (Å²) in [5, 5.41) is 3.27. The predicted molar refractivity (Wildman–Crippen MR) is 65.4 cm³/mol. The van der Waals surface area contributed by atoms with Crippen LogP contribution in [0.15, 0.2) is 5.38 Å². The van der Waals surface area contributed by atoms with E-state index < -0.39 is 0 Å². The van der Waals surface area contributed by atoms with Crippen molar-refractivity contribution in [2.75, 3.05) is 6.54 Å². The van der Waals surface area contributed by atoms with Crippen LogP contribution in [0.3, 0.4) is 0 Å². The quantitative estimate of drug-likeness (QED) is 0.759. The first-order chi connectivity index (χ1) is 7.29. The Hall–Kier alpha value is -0.120. The van der Waals surface area contributed by atoms with Gasteiger partial charge in [-0.25, -0.2) is 4.98 Å². The van der Waals surface area contributed by atoms with E-state index in [9.17, 15) is 0 Å². The summed E-state index contributed by atoms with van der Waals surface area (Å²) in [4.78, 5) is 7.03. The summed E-state index contributed by atoms with van der Waals surface area (Å²) in [7, 11) is 0. The number of halogens is 1. The van der Waals surface area contributed by atoms with Gasteiger partial charge in [0.15, 0.2) is 0 Å². The van der Waals surface area contributed by atoms with Crippen molar-refractivity contribution in [1.82, 2.24) is 9.88 Å². The summed E-state index contributed by atoms with van der Waals surface area (Å²) in [6.45, 7) is 4.54. The number of thiazole rings is 1. The smallest absolute Gasteiger partial charge is 0.107 e. The van der Waals surface area contributed by atoms with Gasteiger partial charge in [0.25, 0.3) is 0 Å². The highest BCUT2D eigenvalue weighted by atomic mass is 35.5. The molecule has 0 aromatic carbocycles. The Morgan fingerprint density at radius 1 is 1.60 bits per heavy atom. The Labute approximate surface area is 100 Å². The molecule has 0 bridgehead atoms. The number of rotatable bonds is 3. The fourth-order valence-electron chi connectivity index (χ4n) is 2.05. The van der Waals surface area contributed by atoms with Crippen molar-refractivity contribution in [2.24, 2.45) is 0 Å². The lowest BCUT2D eigenvalue weighted by Gasteiger charge is -2.32. The molecule has 0 aliphatic carbocycles. The number of hydrogen-bond donors (Lipinski definition) is 0. The molecule has 1 unspecified atom stereocenters. The van der Waals surface area contributed by atoms with Gasteiger partial charge in [0, 0.05) is 11.4 Å². The SMILES string of the molecule is CC1CCCCN1Cc1nc(CCl)cs1. The molecule has 2 nitrogen and oxygen atoms in total. The number of hydrogen-bond acceptors (Lipinski definition) is 3. The molecule has 0 radical (unpaired) electrons. The van der Waals surface area contributed by atoms with E-state index >= 15 is 0 Å². The maximum Gasteiger partial charge on any atom is 0.107 e. The van der Waals surface area contributed by atoms with Crippen molar-refractivity contribution < 1.29 is 0 Å². The van der Waals surface area contributed by atoms with Gasteiger partial charge < -0.3 is 0 Å². The summed E-state index contributed by atoms with van der Waals surface area (Å²) in [6.07, 6.45) is 4.04. The van der Waals surface area contributed by atoms with Crippen LogP contribution in [0, 0.1) is 0 Å². The third-order valence-corrected chi connectivity index (χ3v) is 4.17. The molecule has 1 aliphatic rings. The normalized spacial score (nSPS) is 23.2. The molecule has 2 heterocycles. The van der Waals surface area contributed by atoms with E-state index in [1.54, 1.807) is 11.3 Å². The molecular formula is C11H17ClN2S. The molecule has 84 valence electrons. The maximum atomic E-state index is 5.74. The van der Waals surface area contributed by atoms with Crippen molar-refractivity contribution in [1.29, 1.82) is 0 Å². The molecule has 1 aromatic rings. The van der Waals surface area contributed by atoms with E-state index in [1.807, 2.05) is 0 Å². The van der Waals surface area contributed by atoms with Crippen LogP contribution in [-0.2, 0) is 12.4 Å². The van der Waals surface area contributed by atoms with Crippen LogP contribution in [0.25, 0.3) is 0 Å². The van der Waals surface area contributed by atoms with Gasteiger partial charge >= 0.3 is 0 Å². The van der Waals surface area contributed by atoms with Crippen molar-refractivity contribution in [2.45, 2.75) is 44.7 Å². The van der Waals surface area contributed by atoms with E-state index in [4.69, 9.17) is 11.6 Å². The molecule has 0 saturated carbocycles. The second kappa shape index (κ2) is 5.28. The molecule has 1 aliphatic heterocycles. The van der Waals surface area contributed by atoms with Crippen LogP contribution in [0.4, 0.5) is 0 Å². The fraction of sp³-hybridized carbons (Fsp3) is 0.727. The number of likely N-dealkylation sites (tertiary alicyclic amines) is 1. The summed E-state index contributed by atoms with van der Waals surface area (Å²) in [6, 6.07) is 0.710. The molecule has 1 aromatic heterocycles. The first kappa shape index (κ1) is 11.4. The number of aromatic nitrogens is 1. The first-order valence-corrected chi connectivity index (χ1v) is 6.94. The van der Waals surface area contributed by atoms with E-state index in [0.29, 0.717) is 11.9 Å². The number of nitrogens with zero attached hydrogens (tertiary/aromatic N) is 2. The second-order valence-electron chi connectivity index (χ2n) is 4.18. The minimum atomic E-state index is 0.534. The molecule has 15 heavy (non-hydrogen) atoms. The monoisotopic (exact) mass is 244 g/mol. The van der Waals surface area contributed by atoms with Gasteiger partial charge in [-0.15, -0.1) is 22.9 Å². The summed E-state index contributed by atoms with van der Waals surface area (Å²) < 4.78 is 0. The zero-order valence-corrected chi connectivity index (χ0v) is 10.7. The number of piperidine rings is 1. The largest absolute Gasteiger partial charge is 0.294 e. The van der Waals surface area contributed by atoms with Crippen LogP contribution in [0.1, 0.15) is 36.9 Å². The van der Waals surface area contributed by atoms with Gasteiger partial charge in [0.1, 0.15) is 5.01 Å². The predicted octanol–water partition coefficient (Wildman–Crippen LogP) is 3.26. The summed E-state index contributed by atoms with van der Waals surface area (Å²) in [5.74, 6) is 0.534. The minimum absolute atomic E-state index is 0.534. The zero-order valence-electron chi connectivity index (χ0n) is 9.08. The molecule has 1 fully saturated rings. The average molecular weight is 245 g/mol. The Balaban J connectivity index is 1.95. The maximum absolute atomic E-state index is 5.74. The molecule has 2 rings (SSSR count). The van der Waals surface area contributed by atoms with Crippen molar-refractivity contribution >= 4 is 22.9 Å². The minimum Gasteiger partial charge on any atom is -0.294 e. The third kappa shape index (κ3) is 2.92. The van der Waals surface area contributed by atoms with Crippen LogP contribution in [0.5, 0.6) is 0 Å². The fourth-order valence-corrected chi connectivity index (χ4v) is 3.10. The summed E-state index contributed by atoms with van der Waals surface area (Å²) in [5.41, 5.74) is 1.02. The third-order valence-electron chi connectivity index (χ3n) is 3.02. The van der Waals surface area contributed by atoms with Gasteiger partial charge in [0.05, 0.1) is 18.1 Å². The molecule has 0 N–H and O–H groups in total. The average Bonchev–Trinajstić information content (AvgIpc) is 2.69. The van der Waals surface area contributed by atoms with E-state index in [0.717, 1.165) is 12.2 Å². The van der Waals surface area contributed by atoms with Crippen LogP contribution < -0.4 is 0 Å². The van der Waals surface area contributed by atoms with Crippen LogP contribution in [0.2, 0.25) is 0 Å². The van der Waals surface area contributed by atoms with Crippen LogP contribution >= 0.6 is 22.9 Å². The highest BCUT2D eigenvalue weighted by Crippen LogP contribution is 2.21. The van der Waals surface area contributed by atoms with Gasteiger partial charge in [0.2, 0.25) is 0 Å². The Morgan fingerprint density at radius 3 is 3.13 bits per heavy atom. The van der Waals surface area contributed by atoms with E-state index in [-0.39, 0.29) is 0 Å². The molecule has 1 saturated heterocycles. The summed E-state index contributed by atoms with van der Waals surface area (Å²) >= 11 is 7.47. The van der Waals surface area contributed by atoms with Crippen molar-refractivity contribution in [3.05, 3.63) is 16.1 Å². The lowest BCUT2D eigenvalue weighted by atomic mass is 10.0. The zero-order chi connectivity index (χ0) is 10.7. The molecule has 1 atom stereocenters. The van der Waals surface area contributed by atoms with E-state index in [1.165, 1.54) is 30.8 Å². The lowest BCUT2D eigenvalue weighted by molar-refractivity contribution is 0.152. The van der Waals surface area contributed by atoms with Gasteiger partial charge in [-0.05, 0) is 26.3 Å². The van der Waals surface area contributed by atoms with Gasteiger partial charge in [-0.3, -0.25) is 4.90 Å². The lowest BCUT2D eigenvalue weighted by Crippen LogP contribution is -2.36. The molecule has 0 spiro atoms. The first-order valence-electron chi connectivity index (χ1n) is 5.53. The molecule has 0 amide bonds. The molecule has 4 heteroatoms. The second-order valence-corrected chi connectivity index (χ2v) is 5.39. The topological polar surface area (TPSA) is 16.1 Å². The number of alkyl halides is 1.